The maximum atomic E-state index is 12.2. The van der Waals surface area contributed by atoms with E-state index in [-0.39, 0.29) is 5.91 Å². The molecular weight excluding hydrogens is 268 g/mol. The number of imidazole rings is 1. The highest BCUT2D eigenvalue weighted by Gasteiger charge is 2.15. The summed E-state index contributed by atoms with van der Waals surface area (Å²) in [5.41, 5.74) is 2.61. The molecule has 7 heteroatoms. The van der Waals surface area contributed by atoms with Gasteiger partial charge in [0.15, 0.2) is 0 Å². The zero-order valence-electron chi connectivity index (χ0n) is 11.7. The average Bonchev–Trinajstić information content (AvgIpc) is 3.10. The number of carbonyl (C=O) groups excluding carboxylic acids is 1. The first-order valence-electron chi connectivity index (χ1n) is 6.42. The van der Waals surface area contributed by atoms with Gasteiger partial charge in [-0.25, -0.2) is 9.97 Å². The van der Waals surface area contributed by atoms with E-state index < -0.39 is 0 Å². The van der Waals surface area contributed by atoms with E-state index in [2.05, 4.69) is 25.5 Å². The molecule has 0 fully saturated rings. The van der Waals surface area contributed by atoms with Crippen LogP contribution in [0.2, 0.25) is 0 Å². The fourth-order valence-electron chi connectivity index (χ4n) is 2.09. The van der Waals surface area contributed by atoms with Gasteiger partial charge in [0, 0.05) is 18.1 Å². The maximum absolute atomic E-state index is 12.2. The van der Waals surface area contributed by atoms with Gasteiger partial charge in [0.2, 0.25) is 0 Å². The molecule has 0 bridgehead atoms. The van der Waals surface area contributed by atoms with Gasteiger partial charge >= 0.3 is 0 Å². The van der Waals surface area contributed by atoms with E-state index in [1.54, 1.807) is 42.5 Å². The smallest absolute Gasteiger partial charge is 0.259 e. The van der Waals surface area contributed by atoms with Crippen LogP contribution in [0.25, 0.3) is 5.82 Å². The number of hydrogen-bond donors (Lipinski definition) is 2. The molecule has 0 aliphatic heterocycles. The van der Waals surface area contributed by atoms with Crippen LogP contribution in [0, 0.1) is 13.8 Å². The van der Waals surface area contributed by atoms with Crippen molar-refractivity contribution in [2.75, 3.05) is 5.32 Å². The molecule has 0 aliphatic carbocycles. The van der Waals surface area contributed by atoms with Crippen LogP contribution in [0.5, 0.6) is 0 Å². The van der Waals surface area contributed by atoms with Crippen LogP contribution < -0.4 is 5.32 Å². The van der Waals surface area contributed by atoms with Crippen LogP contribution in [-0.2, 0) is 0 Å². The van der Waals surface area contributed by atoms with Gasteiger partial charge in [-0.15, -0.1) is 0 Å². The second kappa shape index (κ2) is 5.20. The van der Waals surface area contributed by atoms with Crippen LogP contribution in [0.15, 0.2) is 37.1 Å². The fourth-order valence-corrected chi connectivity index (χ4v) is 2.09. The van der Waals surface area contributed by atoms with E-state index in [1.807, 2.05) is 13.0 Å². The SMILES string of the molecule is Cc1n[nH]c(C)c1C(=O)Nc1ccc(-n2ccnc2)nc1. The molecule has 0 saturated carbocycles. The first-order chi connectivity index (χ1) is 10.1. The summed E-state index contributed by atoms with van der Waals surface area (Å²) in [6, 6.07) is 3.61. The number of carbonyl (C=O) groups is 1. The van der Waals surface area contributed by atoms with E-state index in [0.717, 1.165) is 11.5 Å². The predicted molar refractivity (Wildman–Crippen MR) is 77.4 cm³/mol. The van der Waals surface area contributed by atoms with Crippen molar-refractivity contribution in [3.8, 4) is 5.82 Å². The van der Waals surface area contributed by atoms with Gasteiger partial charge in [0.1, 0.15) is 12.1 Å². The molecule has 3 heterocycles. The zero-order chi connectivity index (χ0) is 14.8. The number of aromatic amines is 1. The summed E-state index contributed by atoms with van der Waals surface area (Å²) in [6.45, 7) is 3.61. The van der Waals surface area contributed by atoms with Crippen molar-refractivity contribution in [1.29, 1.82) is 0 Å². The molecule has 3 aromatic heterocycles. The molecule has 0 aliphatic rings. The maximum Gasteiger partial charge on any atom is 0.259 e. The lowest BCUT2D eigenvalue weighted by Crippen LogP contribution is -2.14. The molecule has 0 spiro atoms. The van der Waals surface area contributed by atoms with Crippen molar-refractivity contribution >= 4 is 11.6 Å². The van der Waals surface area contributed by atoms with Gasteiger partial charge in [-0.05, 0) is 26.0 Å². The lowest BCUT2D eigenvalue weighted by molar-refractivity contribution is 0.102. The standard InChI is InChI=1S/C14H14N6O/c1-9-13(10(2)19-18-9)14(21)17-11-3-4-12(16-7-11)20-6-5-15-8-20/h3-8H,1-2H3,(H,17,21)(H,18,19). The molecule has 0 aromatic carbocycles. The molecule has 21 heavy (non-hydrogen) atoms. The summed E-state index contributed by atoms with van der Waals surface area (Å²) < 4.78 is 1.79. The minimum absolute atomic E-state index is 0.198. The van der Waals surface area contributed by atoms with Gasteiger partial charge in [0.25, 0.3) is 5.91 Å². The molecule has 3 rings (SSSR count). The third-order valence-electron chi connectivity index (χ3n) is 3.13. The summed E-state index contributed by atoms with van der Waals surface area (Å²) in [4.78, 5) is 20.5. The average molecular weight is 282 g/mol. The van der Waals surface area contributed by atoms with Crippen molar-refractivity contribution < 1.29 is 4.79 Å². The minimum atomic E-state index is -0.198. The molecule has 7 nitrogen and oxygen atoms in total. The molecule has 0 radical (unpaired) electrons. The van der Waals surface area contributed by atoms with E-state index in [9.17, 15) is 4.79 Å². The van der Waals surface area contributed by atoms with Gasteiger partial charge in [0.05, 0.1) is 23.1 Å². The van der Waals surface area contributed by atoms with Gasteiger partial charge in [-0.2, -0.15) is 5.10 Å². The van der Waals surface area contributed by atoms with E-state index >= 15 is 0 Å². The highest BCUT2D eigenvalue weighted by Crippen LogP contribution is 2.14. The zero-order valence-corrected chi connectivity index (χ0v) is 11.7. The number of pyridine rings is 1. The van der Waals surface area contributed by atoms with Crippen molar-refractivity contribution in [2.45, 2.75) is 13.8 Å². The second-order valence-electron chi connectivity index (χ2n) is 4.64. The van der Waals surface area contributed by atoms with Crippen molar-refractivity contribution in [2.24, 2.45) is 0 Å². The Kier molecular flexibility index (Phi) is 3.23. The Morgan fingerprint density at radius 3 is 2.76 bits per heavy atom. The molecule has 0 unspecified atom stereocenters. The Labute approximate surface area is 121 Å². The minimum Gasteiger partial charge on any atom is -0.320 e. The van der Waals surface area contributed by atoms with Gasteiger partial charge < -0.3 is 5.32 Å². The van der Waals surface area contributed by atoms with E-state index in [4.69, 9.17) is 0 Å². The highest BCUT2D eigenvalue weighted by molar-refractivity contribution is 6.05. The van der Waals surface area contributed by atoms with Crippen molar-refractivity contribution in [3.63, 3.8) is 0 Å². The number of aromatic nitrogens is 5. The topological polar surface area (TPSA) is 88.5 Å². The Morgan fingerprint density at radius 2 is 2.19 bits per heavy atom. The first-order valence-corrected chi connectivity index (χ1v) is 6.42. The van der Waals surface area contributed by atoms with Crippen LogP contribution in [0.4, 0.5) is 5.69 Å². The second-order valence-corrected chi connectivity index (χ2v) is 4.64. The molecule has 2 N–H and O–H groups in total. The monoisotopic (exact) mass is 282 g/mol. The quantitative estimate of drug-likeness (QED) is 0.767. The molecule has 3 aromatic rings. The number of anilines is 1. The summed E-state index contributed by atoms with van der Waals surface area (Å²) in [5.74, 6) is 0.539. The normalized spacial score (nSPS) is 10.6. The van der Waals surface area contributed by atoms with E-state index in [1.165, 1.54) is 0 Å². The van der Waals surface area contributed by atoms with Gasteiger partial charge in [-0.1, -0.05) is 0 Å². The molecule has 106 valence electrons. The van der Waals surface area contributed by atoms with Crippen LogP contribution >= 0.6 is 0 Å². The lowest BCUT2D eigenvalue weighted by Gasteiger charge is -2.06. The Morgan fingerprint density at radius 1 is 1.33 bits per heavy atom. The van der Waals surface area contributed by atoms with Crippen LogP contribution in [-0.4, -0.2) is 30.6 Å². The molecular formula is C14H14N6O. The van der Waals surface area contributed by atoms with E-state index in [0.29, 0.717) is 16.9 Å². The van der Waals surface area contributed by atoms with Crippen molar-refractivity contribution in [3.05, 3.63) is 54.0 Å². The fraction of sp³-hybridized carbons (Fsp3) is 0.143. The molecule has 0 saturated heterocycles. The predicted octanol–water partition coefficient (Wildman–Crippen LogP) is 1.86. The number of nitrogens with zero attached hydrogens (tertiary/aromatic N) is 4. The molecule has 1 amide bonds. The summed E-state index contributed by atoms with van der Waals surface area (Å²) >= 11 is 0. The summed E-state index contributed by atoms with van der Waals surface area (Å²) in [7, 11) is 0. The Hall–Kier alpha value is -2.96. The van der Waals surface area contributed by atoms with Crippen LogP contribution in [0.1, 0.15) is 21.7 Å². The number of H-pyrrole nitrogens is 1. The number of amides is 1. The number of aryl methyl sites for hydroxylation is 2. The van der Waals surface area contributed by atoms with Crippen molar-refractivity contribution in [1.82, 2.24) is 24.7 Å². The highest BCUT2D eigenvalue weighted by atomic mass is 16.1. The Bertz CT molecular complexity index is 738. The first kappa shape index (κ1) is 13.0. The van der Waals surface area contributed by atoms with Crippen LogP contribution in [0.3, 0.4) is 0 Å². The number of hydrogen-bond acceptors (Lipinski definition) is 4. The van der Waals surface area contributed by atoms with Gasteiger partial charge in [-0.3, -0.25) is 14.5 Å². The summed E-state index contributed by atoms with van der Waals surface area (Å²) in [6.07, 6.45) is 6.76. The Balaban J connectivity index is 1.78. The largest absolute Gasteiger partial charge is 0.320 e. The summed E-state index contributed by atoms with van der Waals surface area (Å²) in [5, 5.41) is 9.62. The third kappa shape index (κ3) is 2.53. The lowest BCUT2D eigenvalue weighted by atomic mass is 10.2. The molecule has 0 atom stereocenters. The number of nitrogens with one attached hydrogen (secondary N) is 2. The number of rotatable bonds is 3. The third-order valence-corrected chi connectivity index (χ3v) is 3.13.